The smallest absolute Gasteiger partial charge is 0.0726 e. The second-order valence-electron chi connectivity index (χ2n) is 4.31. The molecule has 1 heterocycles. The van der Waals surface area contributed by atoms with Crippen molar-refractivity contribution in [3.8, 4) is 0 Å². The molecule has 1 saturated heterocycles. The summed E-state index contributed by atoms with van der Waals surface area (Å²) in [5.74, 6) is 0.573. The van der Waals surface area contributed by atoms with E-state index in [1.807, 2.05) is 0 Å². The molecule has 0 bridgehead atoms. The third-order valence-electron chi connectivity index (χ3n) is 2.76. The number of ether oxygens (including phenoxy) is 2. The summed E-state index contributed by atoms with van der Waals surface area (Å²) in [5, 5.41) is 3.50. The quantitative estimate of drug-likeness (QED) is 0.705. The van der Waals surface area contributed by atoms with Crippen LogP contribution in [0.5, 0.6) is 0 Å². The second-order valence-corrected chi connectivity index (χ2v) is 4.31. The SMILES string of the molecule is COCC(C)CNC(C)C1CCCO1. The van der Waals surface area contributed by atoms with E-state index in [-0.39, 0.29) is 0 Å². The molecule has 1 aliphatic heterocycles. The third kappa shape index (κ3) is 3.95. The minimum atomic E-state index is 0.421. The van der Waals surface area contributed by atoms with Crippen LogP contribution in [0, 0.1) is 5.92 Å². The summed E-state index contributed by atoms with van der Waals surface area (Å²) in [6, 6.07) is 0.469. The second kappa shape index (κ2) is 6.38. The van der Waals surface area contributed by atoms with Gasteiger partial charge in [-0.15, -0.1) is 0 Å². The van der Waals surface area contributed by atoms with Crippen molar-refractivity contribution >= 4 is 0 Å². The zero-order chi connectivity index (χ0) is 10.4. The molecular formula is C11H23NO2. The molecule has 1 rings (SSSR count). The fraction of sp³-hybridized carbons (Fsp3) is 1.00. The van der Waals surface area contributed by atoms with E-state index in [4.69, 9.17) is 9.47 Å². The monoisotopic (exact) mass is 201 g/mol. The third-order valence-corrected chi connectivity index (χ3v) is 2.76. The first-order valence-electron chi connectivity index (χ1n) is 5.58. The van der Waals surface area contributed by atoms with Crippen LogP contribution in [0.4, 0.5) is 0 Å². The van der Waals surface area contributed by atoms with E-state index in [0.29, 0.717) is 18.1 Å². The van der Waals surface area contributed by atoms with E-state index in [1.165, 1.54) is 12.8 Å². The Hall–Kier alpha value is -0.120. The predicted molar refractivity (Wildman–Crippen MR) is 57.5 cm³/mol. The topological polar surface area (TPSA) is 30.5 Å². The van der Waals surface area contributed by atoms with Crippen molar-refractivity contribution in [2.75, 3.05) is 26.9 Å². The van der Waals surface area contributed by atoms with Gasteiger partial charge in [-0.3, -0.25) is 0 Å². The molecule has 0 aliphatic carbocycles. The molecule has 0 saturated carbocycles. The van der Waals surface area contributed by atoms with Gasteiger partial charge in [0.15, 0.2) is 0 Å². The lowest BCUT2D eigenvalue weighted by molar-refractivity contribution is 0.0797. The molecule has 3 heteroatoms. The normalized spacial score (nSPS) is 26.4. The fourth-order valence-corrected chi connectivity index (χ4v) is 1.86. The van der Waals surface area contributed by atoms with E-state index >= 15 is 0 Å². The summed E-state index contributed by atoms with van der Waals surface area (Å²) in [6.07, 6.45) is 2.83. The number of hydrogen-bond acceptors (Lipinski definition) is 3. The maximum Gasteiger partial charge on any atom is 0.0726 e. The van der Waals surface area contributed by atoms with E-state index < -0.39 is 0 Å². The van der Waals surface area contributed by atoms with Crippen LogP contribution in [-0.2, 0) is 9.47 Å². The van der Waals surface area contributed by atoms with Crippen molar-refractivity contribution in [2.45, 2.75) is 38.8 Å². The van der Waals surface area contributed by atoms with E-state index in [0.717, 1.165) is 19.8 Å². The van der Waals surface area contributed by atoms with Crippen LogP contribution in [0.15, 0.2) is 0 Å². The molecule has 0 aromatic carbocycles. The highest BCUT2D eigenvalue weighted by atomic mass is 16.5. The van der Waals surface area contributed by atoms with Crippen molar-refractivity contribution in [1.29, 1.82) is 0 Å². The van der Waals surface area contributed by atoms with Gasteiger partial charge in [0, 0.05) is 32.9 Å². The first-order valence-corrected chi connectivity index (χ1v) is 5.58. The Kier molecular flexibility index (Phi) is 5.45. The Morgan fingerprint density at radius 3 is 2.86 bits per heavy atom. The molecule has 1 aliphatic rings. The Morgan fingerprint density at radius 2 is 2.29 bits per heavy atom. The van der Waals surface area contributed by atoms with Crippen molar-refractivity contribution < 1.29 is 9.47 Å². The number of methoxy groups -OCH3 is 1. The van der Waals surface area contributed by atoms with Gasteiger partial charge < -0.3 is 14.8 Å². The van der Waals surface area contributed by atoms with Crippen LogP contribution in [-0.4, -0.2) is 39.0 Å². The zero-order valence-corrected chi connectivity index (χ0v) is 9.58. The number of hydrogen-bond donors (Lipinski definition) is 1. The standard InChI is InChI=1S/C11H23NO2/c1-9(8-13-3)7-12-10(2)11-5-4-6-14-11/h9-12H,4-8H2,1-3H3. The molecule has 0 spiro atoms. The molecule has 84 valence electrons. The summed E-state index contributed by atoms with van der Waals surface area (Å²) in [6.45, 7) is 7.17. The molecule has 1 fully saturated rings. The van der Waals surface area contributed by atoms with Gasteiger partial charge in [-0.05, 0) is 25.7 Å². The van der Waals surface area contributed by atoms with Gasteiger partial charge in [0.2, 0.25) is 0 Å². The summed E-state index contributed by atoms with van der Waals surface area (Å²) < 4.78 is 10.7. The summed E-state index contributed by atoms with van der Waals surface area (Å²) in [7, 11) is 1.75. The molecule has 3 atom stereocenters. The van der Waals surface area contributed by atoms with Crippen molar-refractivity contribution in [2.24, 2.45) is 5.92 Å². The van der Waals surface area contributed by atoms with Crippen LogP contribution in [0.2, 0.25) is 0 Å². The lowest BCUT2D eigenvalue weighted by Crippen LogP contribution is -2.39. The highest BCUT2D eigenvalue weighted by molar-refractivity contribution is 4.77. The lowest BCUT2D eigenvalue weighted by atomic mass is 10.1. The van der Waals surface area contributed by atoms with E-state index in [1.54, 1.807) is 7.11 Å². The molecule has 0 radical (unpaired) electrons. The van der Waals surface area contributed by atoms with Crippen molar-refractivity contribution in [3.63, 3.8) is 0 Å². The number of nitrogens with one attached hydrogen (secondary N) is 1. The first-order chi connectivity index (χ1) is 6.74. The van der Waals surface area contributed by atoms with Gasteiger partial charge in [-0.1, -0.05) is 6.92 Å². The molecule has 1 N–H and O–H groups in total. The average Bonchev–Trinajstić information content (AvgIpc) is 2.67. The Bertz CT molecular complexity index is 146. The van der Waals surface area contributed by atoms with Crippen LogP contribution < -0.4 is 5.32 Å². The van der Waals surface area contributed by atoms with Gasteiger partial charge in [0.05, 0.1) is 6.10 Å². The largest absolute Gasteiger partial charge is 0.384 e. The van der Waals surface area contributed by atoms with Crippen LogP contribution in [0.3, 0.4) is 0 Å². The first kappa shape index (κ1) is 12.0. The van der Waals surface area contributed by atoms with Gasteiger partial charge in [0.1, 0.15) is 0 Å². The van der Waals surface area contributed by atoms with Gasteiger partial charge in [-0.25, -0.2) is 0 Å². The van der Waals surface area contributed by atoms with Crippen LogP contribution in [0.1, 0.15) is 26.7 Å². The Morgan fingerprint density at radius 1 is 1.50 bits per heavy atom. The van der Waals surface area contributed by atoms with Crippen molar-refractivity contribution in [3.05, 3.63) is 0 Å². The minimum absolute atomic E-state index is 0.421. The zero-order valence-electron chi connectivity index (χ0n) is 9.58. The maximum absolute atomic E-state index is 5.61. The lowest BCUT2D eigenvalue weighted by Gasteiger charge is -2.22. The molecule has 0 aromatic heterocycles. The number of rotatable bonds is 6. The molecule has 0 aromatic rings. The highest BCUT2D eigenvalue weighted by Gasteiger charge is 2.21. The Balaban J connectivity index is 2.10. The molecule has 14 heavy (non-hydrogen) atoms. The minimum Gasteiger partial charge on any atom is -0.384 e. The molecule has 0 amide bonds. The van der Waals surface area contributed by atoms with E-state index in [9.17, 15) is 0 Å². The Labute approximate surface area is 87.2 Å². The molecule has 3 nitrogen and oxygen atoms in total. The summed E-state index contributed by atoms with van der Waals surface area (Å²) >= 11 is 0. The molecule has 3 unspecified atom stereocenters. The highest BCUT2D eigenvalue weighted by Crippen LogP contribution is 2.15. The van der Waals surface area contributed by atoms with Crippen LogP contribution >= 0.6 is 0 Å². The van der Waals surface area contributed by atoms with Gasteiger partial charge in [0.25, 0.3) is 0 Å². The predicted octanol–water partition coefficient (Wildman–Crippen LogP) is 1.43. The molecular weight excluding hydrogens is 178 g/mol. The van der Waals surface area contributed by atoms with E-state index in [2.05, 4.69) is 19.2 Å². The van der Waals surface area contributed by atoms with Crippen LogP contribution in [0.25, 0.3) is 0 Å². The maximum atomic E-state index is 5.61. The van der Waals surface area contributed by atoms with Gasteiger partial charge >= 0.3 is 0 Å². The average molecular weight is 201 g/mol. The summed E-state index contributed by atoms with van der Waals surface area (Å²) in [4.78, 5) is 0. The fourth-order valence-electron chi connectivity index (χ4n) is 1.86. The van der Waals surface area contributed by atoms with Gasteiger partial charge in [-0.2, -0.15) is 0 Å². The summed E-state index contributed by atoms with van der Waals surface area (Å²) in [5.41, 5.74) is 0. The van der Waals surface area contributed by atoms with Crippen molar-refractivity contribution in [1.82, 2.24) is 5.32 Å².